The monoisotopic (exact) mass is 469 g/mol. The van der Waals surface area contributed by atoms with Crippen molar-refractivity contribution < 1.29 is 0 Å². The fourth-order valence-corrected chi connectivity index (χ4v) is 5.83. The molecule has 0 bridgehead atoms. The molecule has 35 heavy (non-hydrogen) atoms. The molecule has 3 saturated heterocycles. The third-order valence-corrected chi connectivity index (χ3v) is 7.57. The van der Waals surface area contributed by atoms with Gasteiger partial charge >= 0.3 is 0 Å². The van der Waals surface area contributed by atoms with Gasteiger partial charge < -0.3 is 20.0 Å². The van der Waals surface area contributed by atoms with Gasteiger partial charge in [0.15, 0.2) is 0 Å². The van der Waals surface area contributed by atoms with Crippen LogP contribution in [0.25, 0.3) is 10.9 Å². The zero-order chi connectivity index (χ0) is 23.8. The van der Waals surface area contributed by atoms with E-state index in [1.807, 2.05) is 24.4 Å². The quantitative estimate of drug-likeness (QED) is 0.616. The van der Waals surface area contributed by atoms with Gasteiger partial charge in [-0.1, -0.05) is 0 Å². The van der Waals surface area contributed by atoms with Crippen molar-refractivity contribution >= 4 is 28.4 Å². The Bertz CT molecular complexity index is 1250. The summed E-state index contributed by atoms with van der Waals surface area (Å²) in [5.41, 5.74) is 2.58. The standard InChI is InChI=1S/C26H31N9/c1-19-16-34(23-5-4-20(15-27)25-22(23)3-2-7-29-25)18-21-17-33(13-14-35(19)21)24-6-8-30-26(31-24)32-11-9-28-10-12-32/h2-8,19,21,28H,9-14,16-18H2,1H3/t19-,21+/m1/s1. The first-order valence-corrected chi connectivity index (χ1v) is 12.5. The van der Waals surface area contributed by atoms with Gasteiger partial charge in [-0.2, -0.15) is 10.2 Å². The largest absolute Gasteiger partial charge is 0.368 e. The number of fused-ring (bicyclic) bond motifs is 2. The Balaban J connectivity index is 1.24. The first-order chi connectivity index (χ1) is 17.2. The molecule has 1 N–H and O–H groups in total. The molecule has 0 aliphatic carbocycles. The summed E-state index contributed by atoms with van der Waals surface area (Å²) < 4.78 is 0. The van der Waals surface area contributed by atoms with Crippen molar-refractivity contribution in [2.45, 2.75) is 19.0 Å². The minimum absolute atomic E-state index is 0.396. The van der Waals surface area contributed by atoms with Gasteiger partial charge in [0.2, 0.25) is 5.95 Å². The Hall–Kier alpha value is -3.48. The summed E-state index contributed by atoms with van der Waals surface area (Å²) in [6.45, 7) is 11.0. The van der Waals surface area contributed by atoms with Crippen molar-refractivity contribution in [2.75, 3.05) is 73.6 Å². The fraction of sp³-hybridized carbons (Fsp3) is 0.462. The van der Waals surface area contributed by atoms with E-state index in [0.717, 1.165) is 81.6 Å². The summed E-state index contributed by atoms with van der Waals surface area (Å²) in [6.07, 6.45) is 3.67. The molecule has 9 nitrogen and oxygen atoms in total. The smallest absolute Gasteiger partial charge is 0.227 e. The molecular weight excluding hydrogens is 438 g/mol. The maximum Gasteiger partial charge on any atom is 0.227 e. The van der Waals surface area contributed by atoms with Gasteiger partial charge in [0.05, 0.1) is 11.1 Å². The van der Waals surface area contributed by atoms with Crippen LogP contribution in [0.5, 0.6) is 0 Å². The summed E-state index contributed by atoms with van der Waals surface area (Å²) >= 11 is 0. The summed E-state index contributed by atoms with van der Waals surface area (Å²) in [6, 6.07) is 13.2. The highest BCUT2D eigenvalue weighted by atomic mass is 15.4. The Morgan fingerprint density at radius 3 is 2.63 bits per heavy atom. The minimum Gasteiger partial charge on any atom is -0.368 e. The van der Waals surface area contributed by atoms with Gasteiger partial charge in [-0.15, -0.1) is 0 Å². The molecule has 3 fully saturated rings. The van der Waals surface area contributed by atoms with E-state index in [0.29, 0.717) is 17.6 Å². The Kier molecular flexibility index (Phi) is 5.84. The maximum atomic E-state index is 9.54. The molecule has 0 spiro atoms. The zero-order valence-corrected chi connectivity index (χ0v) is 20.1. The maximum absolute atomic E-state index is 9.54. The van der Waals surface area contributed by atoms with Crippen LogP contribution in [0.4, 0.5) is 17.5 Å². The van der Waals surface area contributed by atoms with Crippen LogP contribution in [0, 0.1) is 11.3 Å². The summed E-state index contributed by atoms with van der Waals surface area (Å²) in [4.78, 5) is 23.8. The van der Waals surface area contributed by atoms with E-state index in [1.54, 1.807) is 6.20 Å². The van der Waals surface area contributed by atoms with E-state index in [9.17, 15) is 5.26 Å². The molecular formula is C26H31N9. The summed E-state index contributed by atoms with van der Waals surface area (Å²) in [5.74, 6) is 1.85. The van der Waals surface area contributed by atoms with E-state index in [1.165, 1.54) is 5.69 Å². The SMILES string of the molecule is C[C@@H]1CN(c2ccc(C#N)c3ncccc23)C[C@@H]2CN(c3ccnc(N4CCNCC4)n3)CCN21. The number of piperazine rings is 3. The molecule has 9 heteroatoms. The van der Waals surface area contributed by atoms with Crippen LogP contribution in [0.3, 0.4) is 0 Å². The number of nitriles is 1. The number of hydrogen-bond donors (Lipinski definition) is 1. The van der Waals surface area contributed by atoms with Gasteiger partial charge in [-0.25, -0.2) is 4.98 Å². The summed E-state index contributed by atoms with van der Waals surface area (Å²) in [5, 5.41) is 14.0. The van der Waals surface area contributed by atoms with Crippen molar-refractivity contribution in [3.05, 3.63) is 48.3 Å². The number of aromatic nitrogens is 3. The van der Waals surface area contributed by atoms with E-state index in [2.05, 4.69) is 60.0 Å². The van der Waals surface area contributed by atoms with E-state index in [-0.39, 0.29) is 0 Å². The normalized spacial score (nSPS) is 23.3. The average Bonchev–Trinajstić information content (AvgIpc) is 2.92. The first-order valence-electron chi connectivity index (χ1n) is 12.5. The van der Waals surface area contributed by atoms with Crippen LogP contribution in [0.2, 0.25) is 0 Å². The second-order valence-electron chi connectivity index (χ2n) is 9.69. The average molecular weight is 470 g/mol. The number of hydrogen-bond acceptors (Lipinski definition) is 9. The van der Waals surface area contributed by atoms with Crippen LogP contribution in [-0.4, -0.2) is 90.8 Å². The number of nitrogens with zero attached hydrogens (tertiary/aromatic N) is 8. The minimum atomic E-state index is 0.396. The van der Waals surface area contributed by atoms with E-state index in [4.69, 9.17) is 4.98 Å². The number of anilines is 3. The molecule has 1 aromatic carbocycles. The topological polar surface area (TPSA) is 87.5 Å². The van der Waals surface area contributed by atoms with Gasteiger partial charge in [0.25, 0.3) is 0 Å². The van der Waals surface area contributed by atoms with Gasteiger partial charge in [-0.3, -0.25) is 9.88 Å². The second kappa shape index (κ2) is 9.29. The lowest BCUT2D eigenvalue weighted by Crippen LogP contribution is -2.65. The number of rotatable bonds is 3. The highest BCUT2D eigenvalue weighted by molar-refractivity contribution is 5.95. The van der Waals surface area contributed by atoms with Gasteiger partial charge in [0.1, 0.15) is 11.9 Å². The van der Waals surface area contributed by atoms with Gasteiger partial charge in [0, 0.05) is 94.5 Å². The third kappa shape index (κ3) is 4.13. The molecule has 0 unspecified atom stereocenters. The molecule has 2 atom stereocenters. The lowest BCUT2D eigenvalue weighted by Gasteiger charge is -2.51. The zero-order valence-electron chi connectivity index (χ0n) is 20.1. The predicted molar refractivity (Wildman–Crippen MR) is 138 cm³/mol. The molecule has 3 aliphatic heterocycles. The first kappa shape index (κ1) is 22.0. The fourth-order valence-electron chi connectivity index (χ4n) is 5.83. The molecule has 2 aromatic heterocycles. The van der Waals surface area contributed by atoms with Crippen LogP contribution >= 0.6 is 0 Å². The molecule has 0 saturated carbocycles. The Morgan fingerprint density at radius 1 is 0.914 bits per heavy atom. The molecule has 3 aromatic rings. The van der Waals surface area contributed by atoms with Crippen molar-refractivity contribution in [3.8, 4) is 6.07 Å². The third-order valence-electron chi connectivity index (χ3n) is 7.57. The lowest BCUT2D eigenvalue weighted by molar-refractivity contribution is 0.108. The second-order valence-corrected chi connectivity index (χ2v) is 9.69. The number of benzene rings is 1. The van der Waals surface area contributed by atoms with Crippen molar-refractivity contribution in [3.63, 3.8) is 0 Å². The van der Waals surface area contributed by atoms with Crippen molar-refractivity contribution in [2.24, 2.45) is 0 Å². The molecule has 0 amide bonds. The Labute approximate surface area is 206 Å². The molecule has 0 radical (unpaired) electrons. The summed E-state index contributed by atoms with van der Waals surface area (Å²) in [7, 11) is 0. The van der Waals surface area contributed by atoms with Crippen LogP contribution in [0.1, 0.15) is 12.5 Å². The molecule has 3 aliphatic rings. The molecule has 5 heterocycles. The van der Waals surface area contributed by atoms with Crippen LogP contribution in [0.15, 0.2) is 42.7 Å². The molecule has 6 rings (SSSR count). The lowest BCUT2D eigenvalue weighted by atomic mass is 10.0. The van der Waals surface area contributed by atoms with Crippen molar-refractivity contribution in [1.82, 2.24) is 25.2 Å². The number of nitrogens with one attached hydrogen (secondary N) is 1. The number of pyridine rings is 1. The van der Waals surface area contributed by atoms with Gasteiger partial charge in [-0.05, 0) is 37.3 Å². The van der Waals surface area contributed by atoms with Crippen LogP contribution < -0.4 is 20.0 Å². The Morgan fingerprint density at radius 2 is 1.77 bits per heavy atom. The highest BCUT2D eigenvalue weighted by Gasteiger charge is 2.37. The van der Waals surface area contributed by atoms with E-state index >= 15 is 0 Å². The van der Waals surface area contributed by atoms with E-state index < -0.39 is 0 Å². The predicted octanol–water partition coefficient (Wildman–Crippen LogP) is 1.71. The van der Waals surface area contributed by atoms with Crippen molar-refractivity contribution in [1.29, 1.82) is 5.26 Å². The highest BCUT2D eigenvalue weighted by Crippen LogP contribution is 2.32. The molecule has 180 valence electrons. The van der Waals surface area contributed by atoms with Crippen LogP contribution in [-0.2, 0) is 0 Å².